The van der Waals surface area contributed by atoms with Crippen LogP contribution in [0.4, 0.5) is 14.5 Å². The lowest BCUT2D eigenvalue weighted by Gasteiger charge is -2.11. The second-order valence-corrected chi connectivity index (χ2v) is 7.05. The predicted octanol–water partition coefficient (Wildman–Crippen LogP) is 5.50. The van der Waals surface area contributed by atoms with Crippen molar-refractivity contribution in [3.63, 3.8) is 0 Å². The first-order chi connectivity index (χ1) is 13.4. The number of hydrogen-bond donors (Lipinski definition) is 0. The van der Waals surface area contributed by atoms with Crippen molar-refractivity contribution in [2.24, 2.45) is 4.99 Å². The van der Waals surface area contributed by atoms with Gasteiger partial charge in [-0.05, 0) is 62.2 Å². The van der Waals surface area contributed by atoms with Gasteiger partial charge in [0.05, 0.1) is 12.0 Å². The van der Waals surface area contributed by atoms with Crippen molar-refractivity contribution in [3.8, 4) is 22.3 Å². The number of ether oxygens (including phenoxy) is 1. The molecule has 3 aromatic rings. The third-order valence-corrected chi connectivity index (χ3v) is 4.76. The van der Waals surface area contributed by atoms with E-state index in [-0.39, 0.29) is 5.82 Å². The minimum absolute atomic E-state index is 0.289. The molecule has 0 aliphatic heterocycles. The summed E-state index contributed by atoms with van der Waals surface area (Å²) in [6.45, 7) is 6.81. The van der Waals surface area contributed by atoms with Gasteiger partial charge in [0, 0.05) is 30.7 Å². The first kappa shape index (κ1) is 19.9. The van der Waals surface area contributed by atoms with Gasteiger partial charge in [0.15, 0.2) is 17.5 Å². The van der Waals surface area contributed by atoms with Gasteiger partial charge in [-0.25, -0.2) is 13.8 Å². The van der Waals surface area contributed by atoms with E-state index in [9.17, 15) is 8.78 Å². The van der Waals surface area contributed by atoms with Crippen LogP contribution in [0.1, 0.15) is 18.1 Å². The Kier molecular flexibility index (Phi) is 5.99. The molecule has 28 heavy (non-hydrogen) atoms. The van der Waals surface area contributed by atoms with Gasteiger partial charge in [-0.3, -0.25) is 0 Å². The summed E-state index contributed by atoms with van der Waals surface area (Å²) in [5.74, 6) is -0.911. The fourth-order valence-electron chi connectivity index (χ4n) is 2.36. The summed E-state index contributed by atoms with van der Waals surface area (Å²) >= 11 is 1.05. The first-order valence-corrected chi connectivity index (χ1v) is 9.47. The van der Waals surface area contributed by atoms with Crippen LogP contribution in [-0.2, 0) is 0 Å². The molecule has 2 aromatic carbocycles. The number of halogens is 2. The maximum atomic E-state index is 13.4. The Morgan fingerprint density at radius 1 is 1.14 bits per heavy atom. The predicted molar refractivity (Wildman–Crippen MR) is 108 cm³/mol. The summed E-state index contributed by atoms with van der Waals surface area (Å²) in [5.41, 5.74) is 3.13. The van der Waals surface area contributed by atoms with E-state index in [1.165, 1.54) is 6.07 Å². The molecule has 1 aromatic heterocycles. The molecule has 0 atom stereocenters. The second kappa shape index (κ2) is 8.43. The van der Waals surface area contributed by atoms with Crippen molar-refractivity contribution in [1.29, 1.82) is 0 Å². The molecule has 0 spiro atoms. The molecule has 1 heterocycles. The monoisotopic (exact) mass is 402 g/mol. The molecule has 0 saturated carbocycles. The van der Waals surface area contributed by atoms with Crippen LogP contribution in [0.5, 0.6) is 10.9 Å². The van der Waals surface area contributed by atoms with Crippen LogP contribution in [0.3, 0.4) is 0 Å². The molecule has 0 aliphatic rings. The van der Waals surface area contributed by atoms with Crippen molar-refractivity contribution in [3.05, 3.63) is 53.1 Å². The third kappa shape index (κ3) is 4.51. The lowest BCUT2D eigenvalue weighted by Crippen LogP contribution is -2.14. The quantitative estimate of drug-likeness (QED) is 0.403. The van der Waals surface area contributed by atoms with Gasteiger partial charge in [0.1, 0.15) is 5.75 Å². The van der Waals surface area contributed by atoms with Crippen molar-refractivity contribution in [2.45, 2.75) is 20.8 Å². The van der Waals surface area contributed by atoms with Crippen LogP contribution in [0.15, 0.2) is 35.3 Å². The minimum atomic E-state index is -0.939. The lowest BCUT2D eigenvalue weighted by atomic mass is 10.1. The number of aryl methyl sites for hydroxylation is 2. The van der Waals surface area contributed by atoms with E-state index in [4.69, 9.17) is 4.74 Å². The van der Waals surface area contributed by atoms with Gasteiger partial charge in [-0.15, -0.1) is 0 Å². The molecule has 0 unspecified atom stereocenters. The highest BCUT2D eigenvalue weighted by molar-refractivity contribution is 7.07. The van der Waals surface area contributed by atoms with Crippen molar-refractivity contribution in [1.82, 2.24) is 14.3 Å². The number of aliphatic imine (C=N–C) groups is 1. The van der Waals surface area contributed by atoms with E-state index in [0.717, 1.165) is 47.0 Å². The first-order valence-electron chi connectivity index (χ1n) is 8.70. The van der Waals surface area contributed by atoms with Crippen LogP contribution in [0.25, 0.3) is 11.4 Å². The molecule has 0 fully saturated rings. The fraction of sp³-hybridized carbons (Fsp3) is 0.250. The van der Waals surface area contributed by atoms with Gasteiger partial charge in [-0.2, -0.15) is 9.36 Å². The van der Waals surface area contributed by atoms with Gasteiger partial charge >= 0.3 is 0 Å². The number of rotatable bonds is 6. The van der Waals surface area contributed by atoms with E-state index in [0.29, 0.717) is 16.5 Å². The maximum Gasteiger partial charge on any atom is 0.299 e. The van der Waals surface area contributed by atoms with E-state index >= 15 is 0 Å². The zero-order valence-corrected chi connectivity index (χ0v) is 16.8. The highest BCUT2D eigenvalue weighted by Crippen LogP contribution is 2.33. The smallest absolute Gasteiger partial charge is 0.299 e. The van der Waals surface area contributed by atoms with Gasteiger partial charge < -0.3 is 9.64 Å². The van der Waals surface area contributed by atoms with E-state index in [1.54, 1.807) is 6.34 Å². The number of hydrogen-bond acceptors (Lipinski definition) is 5. The van der Waals surface area contributed by atoms with E-state index < -0.39 is 11.6 Å². The van der Waals surface area contributed by atoms with Gasteiger partial charge in [-0.1, -0.05) is 0 Å². The molecule has 0 radical (unpaired) electrons. The standard InChI is InChI=1S/C20H20F2N4OS/c1-5-26(4)11-23-17-8-13(3)18(9-12(17)2)27-20-24-19(25-28-20)14-6-7-15(21)16(22)10-14/h6-11H,5H2,1-4H3. The minimum Gasteiger partial charge on any atom is -0.430 e. The molecule has 0 bridgehead atoms. The normalized spacial score (nSPS) is 11.2. The molecular formula is C20H20F2N4OS. The average Bonchev–Trinajstić information content (AvgIpc) is 3.13. The van der Waals surface area contributed by atoms with Gasteiger partial charge in [0.25, 0.3) is 5.19 Å². The zero-order valence-electron chi connectivity index (χ0n) is 16.0. The summed E-state index contributed by atoms with van der Waals surface area (Å²) in [6, 6.07) is 7.39. The Morgan fingerprint density at radius 3 is 2.64 bits per heavy atom. The summed E-state index contributed by atoms with van der Waals surface area (Å²) in [4.78, 5) is 10.8. The Labute approximate surface area is 166 Å². The van der Waals surface area contributed by atoms with Crippen molar-refractivity contribution >= 4 is 23.6 Å². The summed E-state index contributed by atoms with van der Waals surface area (Å²) in [6.07, 6.45) is 1.79. The number of aromatic nitrogens is 2. The molecule has 0 N–H and O–H groups in total. The average molecular weight is 402 g/mol. The Balaban J connectivity index is 1.80. The van der Waals surface area contributed by atoms with Gasteiger partial charge in [0.2, 0.25) is 0 Å². The van der Waals surface area contributed by atoms with Crippen LogP contribution in [0.2, 0.25) is 0 Å². The van der Waals surface area contributed by atoms with Crippen molar-refractivity contribution in [2.75, 3.05) is 13.6 Å². The zero-order chi connectivity index (χ0) is 20.3. The SMILES string of the molecule is CCN(C)C=Nc1cc(C)c(Oc2nc(-c3ccc(F)c(F)c3)ns2)cc1C. The molecule has 3 rings (SSSR count). The largest absolute Gasteiger partial charge is 0.430 e. The van der Waals surface area contributed by atoms with E-state index in [1.807, 2.05) is 37.9 Å². The summed E-state index contributed by atoms with van der Waals surface area (Å²) in [7, 11) is 1.96. The third-order valence-electron chi connectivity index (χ3n) is 4.17. The molecule has 146 valence electrons. The molecular weight excluding hydrogens is 382 g/mol. The molecule has 0 aliphatic carbocycles. The number of nitrogens with zero attached hydrogens (tertiary/aromatic N) is 4. The van der Waals surface area contributed by atoms with Crippen LogP contribution in [-0.4, -0.2) is 34.2 Å². The van der Waals surface area contributed by atoms with Crippen LogP contribution < -0.4 is 4.74 Å². The highest BCUT2D eigenvalue weighted by Gasteiger charge is 2.13. The second-order valence-electron chi connectivity index (χ2n) is 6.34. The Morgan fingerprint density at radius 2 is 1.93 bits per heavy atom. The van der Waals surface area contributed by atoms with E-state index in [2.05, 4.69) is 21.3 Å². The lowest BCUT2D eigenvalue weighted by molar-refractivity contribution is 0.475. The molecule has 0 amide bonds. The van der Waals surface area contributed by atoms with Crippen LogP contribution in [0, 0.1) is 25.5 Å². The molecule has 0 saturated heterocycles. The fourth-order valence-corrected chi connectivity index (χ4v) is 2.93. The topological polar surface area (TPSA) is 50.6 Å². The summed E-state index contributed by atoms with van der Waals surface area (Å²) in [5, 5.41) is 0.323. The highest BCUT2D eigenvalue weighted by atomic mass is 32.1. The summed E-state index contributed by atoms with van der Waals surface area (Å²) < 4.78 is 36.5. The Bertz CT molecular complexity index is 1020. The Hall–Kier alpha value is -2.87. The van der Waals surface area contributed by atoms with Crippen LogP contribution >= 0.6 is 11.5 Å². The number of benzene rings is 2. The molecule has 5 nitrogen and oxygen atoms in total. The van der Waals surface area contributed by atoms with Crippen molar-refractivity contribution < 1.29 is 13.5 Å². The molecule has 8 heteroatoms. The maximum absolute atomic E-state index is 13.4.